The molecule has 0 atom stereocenters. The number of carbonyl (C=O) groups excluding carboxylic acids is 1. The second-order valence-corrected chi connectivity index (χ2v) is 6.87. The van der Waals surface area contributed by atoms with Gasteiger partial charge < -0.3 is 22.3 Å². The summed E-state index contributed by atoms with van der Waals surface area (Å²) in [6, 6.07) is 6.13. The van der Waals surface area contributed by atoms with Crippen LogP contribution in [0, 0.1) is 20.4 Å². The monoisotopic (exact) mass is 416 g/mol. The first-order chi connectivity index (χ1) is 12.1. The molecule has 0 unspecified atom stereocenters. The van der Waals surface area contributed by atoms with Gasteiger partial charge in [0.25, 0.3) is 5.91 Å². The first-order valence-corrected chi connectivity index (χ1v) is 8.93. The fourth-order valence-electron chi connectivity index (χ4n) is 3.73. The first kappa shape index (κ1) is 20.2. The van der Waals surface area contributed by atoms with Crippen molar-refractivity contribution in [2.45, 2.75) is 58.5 Å². The number of nitrogens with one attached hydrogen (secondary N) is 1. The van der Waals surface area contributed by atoms with Gasteiger partial charge in [0, 0.05) is 11.8 Å². The number of halogens is 1. The van der Waals surface area contributed by atoms with Crippen LogP contribution in [0.1, 0.15) is 49.3 Å². The number of aryl methyl sites for hydroxylation is 2. The van der Waals surface area contributed by atoms with Crippen molar-refractivity contribution in [2.24, 2.45) is 0 Å². The molecule has 1 saturated carbocycles. The zero-order valence-electron chi connectivity index (χ0n) is 15.3. The van der Waals surface area contributed by atoms with E-state index in [9.17, 15) is 4.79 Å². The molecular formula is C20H25BrN4O. The van der Waals surface area contributed by atoms with Gasteiger partial charge in [-0.25, -0.2) is 4.85 Å². The van der Waals surface area contributed by atoms with E-state index in [0.717, 1.165) is 16.8 Å². The number of anilines is 1. The van der Waals surface area contributed by atoms with Crippen LogP contribution in [-0.4, -0.2) is 10.6 Å². The number of rotatable bonds is 4. The zero-order chi connectivity index (χ0) is 17.8. The molecule has 5 nitrogen and oxygen atoms in total. The Bertz CT molecular complexity index is 792. The minimum Gasteiger partial charge on any atom is -1.00 e. The van der Waals surface area contributed by atoms with E-state index >= 15 is 0 Å². The Morgan fingerprint density at radius 3 is 2.54 bits per heavy atom. The lowest BCUT2D eigenvalue weighted by Gasteiger charge is -2.21. The highest BCUT2D eigenvalue weighted by atomic mass is 79.9. The van der Waals surface area contributed by atoms with Crippen molar-refractivity contribution in [3.8, 4) is 0 Å². The molecule has 1 aromatic heterocycles. The Hall–Kier alpha value is -2.13. The van der Waals surface area contributed by atoms with E-state index in [1.807, 2.05) is 42.9 Å². The van der Waals surface area contributed by atoms with Gasteiger partial charge in [0.2, 0.25) is 6.54 Å². The number of benzene rings is 1. The quantitative estimate of drug-likeness (QED) is 0.588. The van der Waals surface area contributed by atoms with Crippen molar-refractivity contribution in [2.75, 3.05) is 5.32 Å². The summed E-state index contributed by atoms with van der Waals surface area (Å²) in [6.45, 7) is 11.3. The van der Waals surface area contributed by atoms with Crippen LogP contribution in [0.5, 0.6) is 0 Å². The van der Waals surface area contributed by atoms with Crippen molar-refractivity contribution in [3.63, 3.8) is 0 Å². The third-order valence-electron chi connectivity index (χ3n) is 4.96. The van der Waals surface area contributed by atoms with Crippen molar-refractivity contribution < 1.29 is 26.5 Å². The Labute approximate surface area is 165 Å². The average Bonchev–Trinajstić information content (AvgIpc) is 3.06. The number of aromatic nitrogens is 2. The predicted octanol–water partition coefficient (Wildman–Crippen LogP) is 1.09. The van der Waals surface area contributed by atoms with Gasteiger partial charge in [-0.2, -0.15) is 4.68 Å². The molecular weight excluding hydrogens is 392 g/mol. The minimum absolute atomic E-state index is 0. The number of hydrogen-bond donors (Lipinski definition) is 1. The highest BCUT2D eigenvalue weighted by Gasteiger charge is 2.23. The van der Waals surface area contributed by atoms with Crippen molar-refractivity contribution in [1.82, 2.24) is 4.68 Å². The van der Waals surface area contributed by atoms with E-state index in [-0.39, 0.29) is 22.9 Å². The Kier molecular flexibility index (Phi) is 6.98. The number of amides is 1. The molecule has 0 saturated heterocycles. The molecule has 1 aliphatic carbocycles. The molecule has 0 radical (unpaired) electrons. The van der Waals surface area contributed by atoms with Crippen LogP contribution in [0.4, 0.5) is 11.4 Å². The van der Waals surface area contributed by atoms with Crippen LogP contribution in [0.15, 0.2) is 30.6 Å². The summed E-state index contributed by atoms with van der Waals surface area (Å²) in [5.41, 5.74) is 3.27. The van der Waals surface area contributed by atoms with E-state index in [1.165, 1.54) is 32.1 Å². The molecule has 6 heteroatoms. The van der Waals surface area contributed by atoms with Gasteiger partial charge in [-0.05, 0) is 37.8 Å². The standard InChI is InChI=1S/C20H24N4O.BrH/c1-15-12-17(21-3)13-16(2)20(15)22-19(25)14-23-10-7-11-24(23)18-8-5-4-6-9-18;/h7,10-13,18H,4-6,8-9,14H2,1-2H3;1H. The van der Waals surface area contributed by atoms with E-state index < -0.39 is 0 Å². The van der Waals surface area contributed by atoms with Crippen LogP contribution < -0.4 is 27.0 Å². The Balaban J connectivity index is 0.00000243. The molecule has 1 N–H and O–H groups in total. The smallest absolute Gasteiger partial charge is 0.292 e. The molecule has 0 aliphatic heterocycles. The summed E-state index contributed by atoms with van der Waals surface area (Å²) in [7, 11) is 0. The fourth-order valence-corrected chi connectivity index (χ4v) is 3.73. The van der Waals surface area contributed by atoms with Gasteiger partial charge in [-0.3, -0.25) is 4.79 Å². The summed E-state index contributed by atoms with van der Waals surface area (Å²) < 4.78 is 4.21. The van der Waals surface area contributed by atoms with Crippen molar-refractivity contribution >= 4 is 17.3 Å². The lowest BCUT2D eigenvalue weighted by molar-refractivity contribution is -0.767. The third kappa shape index (κ3) is 4.53. The Morgan fingerprint density at radius 2 is 1.92 bits per heavy atom. The summed E-state index contributed by atoms with van der Waals surface area (Å²) in [6.07, 6.45) is 10.3. The lowest BCUT2D eigenvalue weighted by atomic mass is 9.96. The largest absolute Gasteiger partial charge is 1.00 e. The van der Waals surface area contributed by atoms with Crippen LogP contribution in [0.3, 0.4) is 0 Å². The minimum atomic E-state index is -0.0393. The normalized spacial score (nSPS) is 14.3. The zero-order valence-corrected chi connectivity index (χ0v) is 16.9. The SMILES string of the molecule is [Br-].[C-]#[N+]c1cc(C)c(NC(=O)C[n+]2cccn2C2CCCCC2)c(C)c1. The summed E-state index contributed by atoms with van der Waals surface area (Å²) in [4.78, 5) is 16.0. The van der Waals surface area contributed by atoms with Gasteiger partial charge in [0.15, 0.2) is 11.9 Å². The van der Waals surface area contributed by atoms with Crippen LogP contribution >= 0.6 is 0 Å². The molecule has 138 valence electrons. The summed E-state index contributed by atoms with van der Waals surface area (Å²) >= 11 is 0. The molecule has 2 aromatic rings. The van der Waals surface area contributed by atoms with Crippen LogP contribution in [0.2, 0.25) is 0 Å². The van der Waals surface area contributed by atoms with Crippen molar-refractivity contribution in [1.29, 1.82) is 0 Å². The number of nitrogens with zero attached hydrogens (tertiary/aromatic N) is 3. The average molecular weight is 417 g/mol. The van der Waals surface area contributed by atoms with Crippen LogP contribution in [-0.2, 0) is 11.3 Å². The molecule has 0 bridgehead atoms. The van der Waals surface area contributed by atoms with Gasteiger partial charge in [0.05, 0.1) is 18.8 Å². The topological polar surface area (TPSA) is 42.3 Å². The highest BCUT2D eigenvalue weighted by Crippen LogP contribution is 2.27. The van der Waals surface area contributed by atoms with Crippen LogP contribution in [0.25, 0.3) is 4.85 Å². The predicted molar refractivity (Wildman–Crippen MR) is 97.6 cm³/mol. The highest BCUT2D eigenvalue weighted by molar-refractivity contribution is 5.91. The van der Waals surface area contributed by atoms with E-state index in [0.29, 0.717) is 18.3 Å². The Morgan fingerprint density at radius 1 is 1.27 bits per heavy atom. The fraction of sp³-hybridized carbons (Fsp3) is 0.450. The molecule has 1 amide bonds. The molecule has 1 aliphatic rings. The summed E-state index contributed by atoms with van der Waals surface area (Å²) in [5, 5.41) is 3.02. The van der Waals surface area contributed by atoms with E-state index in [1.54, 1.807) is 0 Å². The van der Waals surface area contributed by atoms with E-state index in [2.05, 4.69) is 21.0 Å². The molecule has 26 heavy (non-hydrogen) atoms. The van der Waals surface area contributed by atoms with Gasteiger partial charge in [0.1, 0.15) is 0 Å². The maximum Gasteiger partial charge on any atom is 0.292 e. The van der Waals surface area contributed by atoms with Gasteiger partial charge in [-0.1, -0.05) is 31.4 Å². The summed E-state index contributed by atoms with van der Waals surface area (Å²) in [5.74, 6) is -0.0393. The molecule has 1 aromatic carbocycles. The first-order valence-electron chi connectivity index (χ1n) is 8.93. The molecule has 1 fully saturated rings. The molecule has 1 heterocycles. The second-order valence-electron chi connectivity index (χ2n) is 6.87. The second kappa shape index (κ2) is 9.00. The molecule has 3 rings (SSSR count). The maximum atomic E-state index is 12.6. The number of hydrogen-bond acceptors (Lipinski definition) is 1. The van der Waals surface area contributed by atoms with Gasteiger partial charge >= 0.3 is 0 Å². The van der Waals surface area contributed by atoms with Crippen molar-refractivity contribution in [3.05, 3.63) is 53.1 Å². The maximum absolute atomic E-state index is 12.6. The third-order valence-corrected chi connectivity index (χ3v) is 4.96. The van der Waals surface area contributed by atoms with E-state index in [4.69, 9.17) is 6.57 Å². The lowest BCUT2D eigenvalue weighted by Crippen LogP contribution is -3.00. The number of carbonyl (C=O) groups is 1. The molecule has 0 spiro atoms. The van der Waals surface area contributed by atoms with Gasteiger partial charge in [-0.15, -0.1) is 4.68 Å².